The third kappa shape index (κ3) is 5.71. The van der Waals surface area contributed by atoms with Gasteiger partial charge >= 0.3 is 5.97 Å². The minimum absolute atomic E-state index is 0.0249. The molecule has 0 bridgehead atoms. The number of carboxylic acids is 1. The molecule has 0 aromatic rings. The van der Waals surface area contributed by atoms with Crippen LogP contribution in [-0.4, -0.2) is 23.5 Å². The van der Waals surface area contributed by atoms with E-state index in [1.54, 1.807) is 0 Å². The molecule has 1 saturated carbocycles. The SMILES string of the molecule is CC(C)(CC(=O)O)CC(=O)NCC1CCCC1. The van der Waals surface area contributed by atoms with E-state index in [1.165, 1.54) is 25.7 Å². The molecule has 1 aliphatic carbocycles. The number of carbonyl (C=O) groups excluding carboxylic acids is 1. The molecule has 0 saturated heterocycles. The molecule has 0 aliphatic heterocycles. The summed E-state index contributed by atoms with van der Waals surface area (Å²) in [6.07, 6.45) is 5.27. The predicted octanol–water partition coefficient (Wildman–Crippen LogP) is 2.18. The van der Waals surface area contributed by atoms with E-state index < -0.39 is 11.4 Å². The highest BCUT2D eigenvalue weighted by Gasteiger charge is 2.25. The quantitative estimate of drug-likeness (QED) is 0.749. The van der Waals surface area contributed by atoms with Crippen molar-refractivity contribution >= 4 is 11.9 Å². The normalized spacial score (nSPS) is 17.1. The zero-order chi connectivity index (χ0) is 12.9. The molecule has 1 rings (SSSR count). The molecular weight excluding hydrogens is 218 g/mol. The highest BCUT2D eigenvalue weighted by molar-refractivity contribution is 5.77. The van der Waals surface area contributed by atoms with Gasteiger partial charge in [0.15, 0.2) is 0 Å². The molecule has 2 N–H and O–H groups in total. The van der Waals surface area contributed by atoms with Crippen LogP contribution in [0.2, 0.25) is 0 Å². The zero-order valence-corrected chi connectivity index (χ0v) is 10.8. The molecule has 0 atom stereocenters. The minimum atomic E-state index is -0.849. The van der Waals surface area contributed by atoms with Crippen molar-refractivity contribution in [2.75, 3.05) is 6.54 Å². The van der Waals surface area contributed by atoms with Crippen molar-refractivity contribution in [3.8, 4) is 0 Å². The van der Waals surface area contributed by atoms with Crippen LogP contribution in [0.25, 0.3) is 0 Å². The fourth-order valence-electron chi connectivity index (χ4n) is 2.44. The molecule has 1 aliphatic rings. The number of rotatable bonds is 6. The van der Waals surface area contributed by atoms with E-state index in [9.17, 15) is 9.59 Å². The molecule has 0 aromatic heterocycles. The Kier molecular flexibility index (Phi) is 4.97. The van der Waals surface area contributed by atoms with Gasteiger partial charge in [0, 0.05) is 13.0 Å². The van der Waals surface area contributed by atoms with E-state index in [0.29, 0.717) is 5.92 Å². The summed E-state index contributed by atoms with van der Waals surface area (Å²) in [6, 6.07) is 0. The van der Waals surface area contributed by atoms with E-state index in [-0.39, 0.29) is 18.7 Å². The fraction of sp³-hybridized carbons (Fsp3) is 0.846. The van der Waals surface area contributed by atoms with Gasteiger partial charge in [0.2, 0.25) is 5.91 Å². The molecule has 0 heterocycles. The van der Waals surface area contributed by atoms with E-state index in [1.807, 2.05) is 13.8 Å². The number of aliphatic carboxylic acids is 1. The first kappa shape index (κ1) is 14.0. The molecule has 0 unspecified atom stereocenters. The van der Waals surface area contributed by atoms with Crippen LogP contribution >= 0.6 is 0 Å². The Morgan fingerprint density at radius 1 is 1.24 bits per heavy atom. The van der Waals surface area contributed by atoms with Crippen LogP contribution in [0.3, 0.4) is 0 Å². The van der Waals surface area contributed by atoms with Crippen LogP contribution in [0.1, 0.15) is 52.4 Å². The van der Waals surface area contributed by atoms with Gasteiger partial charge < -0.3 is 10.4 Å². The summed E-state index contributed by atoms with van der Waals surface area (Å²) in [5.41, 5.74) is -0.467. The first-order valence-electron chi connectivity index (χ1n) is 6.37. The Morgan fingerprint density at radius 3 is 2.35 bits per heavy atom. The van der Waals surface area contributed by atoms with Gasteiger partial charge in [-0.15, -0.1) is 0 Å². The Balaban J connectivity index is 2.25. The fourth-order valence-corrected chi connectivity index (χ4v) is 2.44. The second kappa shape index (κ2) is 6.03. The van der Waals surface area contributed by atoms with Gasteiger partial charge in [-0.2, -0.15) is 0 Å². The minimum Gasteiger partial charge on any atom is -0.481 e. The van der Waals surface area contributed by atoms with Gasteiger partial charge in [0.05, 0.1) is 6.42 Å². The summed E-state index contributed by atoms with van der Waals surface area (Å²) in [7, 11) is 0. The van der Waals surface area contributed by atoms with Gasteiger partial charge in [-0.25, -0.2) is 0 Å². The van der Waals surface area contributed by atoms with Crippen molar-refractivity contribution in [1.82, 2.24) is 5.32 Å². The third-order valence-corrected chi connectivity index (χ3v) is 3.33. The maximum atomic E-state index is 11.7. The monoisotopic (exact) mass is 241 g/mol. The number of carboxylic acid groups (broad SMARTS) is 1. The van der Waals surface area contributed by atoms with Crippen molar-refractivity contribution in [2.24, 2.45) is 11.3 Å². The first-order valence-corrected chi connectivity index (χ1v) is 6.37. The number of nitrogens with one attached hydrogen (secondary N) is 1. The van der Waals surface area contributed by atoms with Crippen LogP contribution in [-0.2, 0) is 9.59 Å². The lowest BCUT2D eigenvalue weighted by Gasteiger charge is -2.22. The van der Waals surface area contributed by atoms with Gasteiger partial charge in [-0.05, 0) is 24.2 Å². The second-order valence-corrected chi connectivity index (χ2v) is 5.87. The standard InChI is InChI=1S/C13H23NO3/c1-13(2,8-12(16)17)7-11(15)14-9-10-5-3-4-6-10/h10H,3-9H2,1-2H3,(H,14,15)(H,16,17). The largest absolute Gasteiger partial charge is 0.481 e. The molecule has 0 spiro atoms. The van der Waals surface area contributed by atoms with E-state index >= 15 is 0 Å². The average Bonchev–Trinajstić information content (AvgIpc) is 2.63. The number of amides is 1. The summed E-state index contributed by atoms with van der Waals surface area (Å²) >= 11 is 0. The topological polar surface area (TPSA) is 66.4 Å². The number of hydrogen-bond donors (Lipinski definition) is 2. The van der Waals surface area contributed by atoms with Crippen molar-refractivity contribution < 1.29 is 14.7 Å². The van der Waals surface area contributed by atoms with Crippen LogP contribution in [0.15, 0.2) is 0 Å². The number of carbonyl (C=O) groups is 2. The Hall–Kier alpha value is -1.06. The van der Waals surface area contributed by atoms with Gasteiger partial charge in [-0.3, -0.25) is 9.59 Å². The lowest BCUT2D eigenvalue weighted by molar-refractivity contribution is -0.139. The van der Waals surface area contributed by atoms with Crippen LogP contribution in [0.5, 0.6) is 0 Å². The zero-order valence-electron chi connectivity index (χ0n) is 10.8. The van der Waals surface area contributed by atoms with E-state index in [2.05, 4.69) is 5.32 Å². The summed E-state index contributed by atoms with van der Waals surface area (Å²) in [4.78, 5) is 22.3. The Morgan fingerprint density at radius 2 is 1.82 bits per heavy atom. The molecule has 4 heteroatoms. The second-order valence-electron chi connectivity index (χ2n) is 5.87. The van der Waals surface area contributed by atoms with E-state index in [4.69, 9.17) is 5.11 Å². The lowest BCUT2D eigenvalue weighted by atomic mass is 9.85. The molecule has 17 heavy (non-hydrogen) atoms. The van der Waals surface area contributed by atoms with Crippen molar-refractivity contribution in [3.05, 3.63) is 0 Å². The van der Waals surface area contributed by atoms with E-state index in [0.717, 1.165) is 6.54 Å². The van der Waals surface area contributed by atoms with Gasteiger partial charge in [0.1, 0.15) is 0 Å². The molecule has 98 valence electrons. The van der Waals surface area contributed by atoms with Crippen molar-refractivity contribution in [2.45, 2.75) is 52.4 Å². The molecule has 4 nitrogen and oxygen atoms in total. The van der Waals surface area contributed by atoms with Crippen molar-refractivity contribution in [3.63, 3.8) is 0 Å². The smallest absolute Gasteiger partial charge is 0.303 e. The van der Waals surface area contributed by atoms with Crippen LogP contribution in [0, 0.1) is 11.3 Å². The Labute approximate surface area is 103 Å². The van der Waals surface area contributed by atoms with Gasteiger partial charge in [-0.1, -0.05) is 26.7 Å². The highest BCUT2D eigenvalue weighted by Crippen LogP contribution is 2.26. The highest BCUT2D eigenvalue weighted by atomic mass is 16.4. The summed E-state index contributed by atoms with van der Waals surface area (Å²) in [5, 5.41) is 11.7. The summed E-state index contributed by atoms with van der Waals surface area (Å²) in [5.74, 6) is -0.247. The molecule has 0 aromatic carbocycles. The summed E-state index contributed by atoms with van der Waals surface area (Å²) in [6.45, 7) is 4.38. The molecule has 1 amide bonds. The maximum Gasteiger partial charge on any atom is 0.303 e. The van der Waals surface area contributed by atoms with Crippen molar-refractivity contribution in [1.29, 1.82) is 0 Å². The number of hydrogen-bond acceptors (Lipinski definition) is 2. The molecule has 1 fully saturated rings. The Bertz CT molecular complexity index is 280. The lowest BCUT2D eigenvalue weighted by Crippen LogP contribution is -2.32. The third-order valence-electron chi connectivity index (χ3n) is 3.33. The predicted molar refractivity (Wildman–Crippen MR) is 65.6 cm³/mol. The first-order chi connectivity index (χ1) is 7.89. The van der Waals surface area contributed by atoms with Crippen LogP contribution < -0.4 is 5.32 Å². The summed E-state index contributed by atoms with van der Waals surface area (Å²) < 4.78 is 0. The maximum absolute atomic E-state index is 11.7. The molecule has 0 radical (unpaired) electrons. The van der Waals surface area contributed by atoms with Gasteiger partial charge in [0.25, 0.3) is 0 Å². The molecular formula is C13H23NO3. The average molecular weight is 241 g/mol. The van der Waals surface area contributed by atoms with Crippen LogP contribution in [0.4, 0.5) is 0 Å².